The predicted molar refractivity (Wildman–Crippen MR) is 109 cm³/mol. The summed E-state index contributed by atoms with van der Waals surface area (Å²) < 4.78 is 0. The molecule has 2 rings (SSSR count). The molecule has 150 valence electrons. The van der Waals surface area contributed by atoms with Crippen LogP contribution in [-0.2, 0) is 16.0 Å². The highest BCUT2D eigenvalue weighted by atomic mass is 16.2. The molecule has 1 fully saturated rings. The monoisotopic (exact) mass is 373 g/mol. The van der Waals surface area contributed by atoms with Crippen LogP contribution in [-0.4, -0.2) is 53.3 Å². The van der Waals surface area contributed by atoms with Crippen molar-refractivity contribution >= 4 is 11.8 Å². The normalized spacial score (nSPS) is 18.4. The first-order valence-electron chi connectivity index (χ1n) is 10.4. The van der Waals surface area contributed by atoms with Crippen molar-refractivity contribution in [2.45, 2.75) is 70.9 Å². The third-order valence-electron chi connectivity index (χ3n) is 5.37. The topological polar surface area (TPSA) is 66.6 Å². The average molecular weight is 374 g/mol. The Morgan fingerprint density at radius 2 is 1.81 bits per heavy atom. The minimum atomic E-state index is -0.527. The number of rotatable bonds is 9. The standard InChI is InChI=1S/C22H35N3O2/c1-3-4-5-6-10-13-21(26)25-15-14-24(17-18(25)2)22(27)20(23)16-19-11-8-7-9-12-19/h7-9,11-12,18,20H,3-6,10,13-17,23H2,1-2H3/t18-,20-/m1/s1. The van der Waals surface area contributed by atoms with Gasteiger partial charge in [-0.2, -0.15) is 0 Å². The van der Waals surface area contributed by atoms with E-state index in [4.69, 9.17) is 5.73 Å². The molecule has 5 heteroatoms. The van der Waals surface area contributed by atoms with Gasteiger partial charge in [-0.15, -0.1) is 0 Å². The second-order valence-corrected chi connectivity index (χ2v) is 7.68. The lowest BCUT2D eigenvalue weighted by molar-refractivity contribution is -0.143. The maximum absolute atomic E-state index is 12.7. The minimum Gasteiger partial charge on any atom is -0.338 e. The fraction of sp³-hybridized carbons (Fsp3) is 0.636. The van der Waals surface area contributed by atoms with Crippen molar-refractivity contribution in [1.82, 2.24) is 9.80 Å². The molecule has 0 aromatic heterocycles. The maximum Gasteiger partial charge on any atom is 0.239 e. The first kappa shape index (κ1) is 21.4. The van der Waals surface area contributed by atoms with Crippen molar-refractivity contribution in [2.24, 2.45) is 5.73 Å². The van der Waals surface area contributed by atoms with E-state index in [2.05, 4.69) is 6.92 Å². The number of benzene rings is 1. The van der Waals surface area contributed by atoms with E-state index in [1.807, 2.05) is 47.1 Å². The zero-order chi connectivity index (χ0) is 19.6. The van der Waals surface area contributed by atoms with Gasteiger partial charge >= 0.3 is 0 Å². The molecule has 0 aliphatic carbocycles. The maximum atomic E-state index is 12.7. The van der Waals surface area contributed by atoms with Crippen molar-refractivity contribution in [1.29, 1.82) is 0 Å². The third-order valence-corrected chi connectivity index (χ3v) is 5.37. The van der Waals surface area contributed by atoms with Crippen molar-refractivity contribution < 1.29 is 9.59 Å². The van der Waals surface area contributed by atoms with Crippen LogP contribution in [0.1, 0.15) is 57.9 Å². The van der Waals surface area contributed by atoms with E-state index < -0.39 is 6.04 Å². The Morgan fingerprint density at radius 1 is 1.11 bits per heavy atom. The van der Waals surface area contributed by atoms with Gasteiger partial charge in [0.1, 0.15) is 0 Å². The van der Waals surface area contributed by atoms with Gasteiger partial charge in [0.15, 0.2) is 0 Å². The van der Waals surface area contributed by atoms with Gasteiger partial charge in [0.2, 0.25) is 11.8 Å². The lowest BCUT2D eigenvalue weighted by Crippen LogP contribution is -2.58. The van der Waals surface area contributed by atoms with E-state index in [1.165, 1.54) is 19.3 Å². The van der Waals surface area contributed by atoms with Gasteiger partial charge in [-0.1, -0.05) is 62.9 Å². The van der Waals surface area contributed by atoms with Crippen molar-refractivity contribution in [3.05, 3.63) is 35.9 Å². The summed E-state index contributed by atoms with van der Waals surface area (Å²) in [7, 11) is 0. The molecule has 0 radical (unpaired) electrons. The van der Waals surface area contributed by atoms with Gasteiger partial charge in [-0.3, -0.25) is 9.59 Å². The Kier molecular flexibility index (Phi) is 8.79. The molecule has 0 unspecified atom stereocenters. The number of hydrogen-bond donors (Lipinski definition) is 1. The lowest BCUT2D eigenvalue weighted by atomic mass is 10.0. The molecule has 1 aliphatic heterocycles. The van der Waals surface area contributed by atoms with Gasteiger partial charge in [0, 0.05) is 32.1 Å². The Labute approximate surface area is 163 Å². The largest absolute Gasteiger partial charge is 0.338 e. The smallest absolute Gasteiger partial charge is 0.239 e. The molecule has 0 saturated carbocycles. The Balaban J connectivity index is 1.77. The van der Waals surface area contributed by atoms with Crippen LogP contribution in [0.2, 0.25) is 0 Å². The molecule has 27 heavy (non-hydrogen) atoms. The minimum absolute atomic E-state index is 0.0163. The Bertz CT molecular complexity index is 590. The molecule has 2 N–H and O–H groups in total. The van der Waals surface area contributed by atoms with Crippen LogP contribution < -0.4 is 5.73 Å². The second-order valence-electron chi connectivity index (χ2n) is 7.68. The number of piperazine rings is 1. The van der Waals surface area contributed by atoms with Gasteiger partial charge in [-0.25, -0.2) is 0 Å². The summed E-state index contributed by atoms with van der Waals surface area (Å²) in [6, 6.07) is 9.39. The molecule has 5 nitrogen and oxygen atoms in total. The van der Waals surface area contributed by atoms with Crippen LogP contribution >= 0.6 is 0 Å². The number of hydrogen-bond acceptors (Lipinski definition) is 3. The van der Waals surface area contributed by atoms with Gasteiger partial charge in [-0.05, 0) is 25.3 Å². The summed E-state index contributed by atoms with van der Waals surface area (Å²) in [5.41, 5.74) is 7.23. The number of nitrogens with two attached hydrogens (primary N) is 1. The summed E-state index contributed by atoms with van der Waals surface area (Å²) in [5, 5.41) is 0. The lowest BCUT2D eigenvalue weighted by Gasteiger charge is -2.40. The van der Waals surface area contributed by atoms with Crippen LogP contribution in [0, 0.1) is 0 Å². The zero-order valence-corrected chi connectivity index (χ0v) is 16.9. The van der Waals surface area contributed by atoms with E-state index in [9.17, 15) is 9.59 Å². The van der Waals surface area contributed by atoms with Gasteiger partial charge in [0.05, 0.1) is 6.04 Å². The highest BCUT2D eigenvalue weighted by Crippen LogP contribution is 2.15. The first-order valence-corrected chi connectivity index (χ1v) is 10.4. The van der Waals surface area contributed by atoms with E-state index >= 15 is 0 Å². The molecular formula is C22H35N3O2. The van der Waals surface area contributed by atoms with E-state index in [-0.39, 0.29) is 17.9 Å². The summed E-state index contributed by atoms with van der Waals surface area (Å²) >= 11 is 0. The summed E-state index contributed by atoms with van der Waals surface area (Å²) in [6.45, 7) is 5.98. The second kappa shape index (κ2) is 11.1. The van der Waals surface area contributed by atoms with Crippen LogP contribution in [0.25, 0.3) is 0 Å². The number of carbonyl (C=O) groups excluding carboxylic acids is 2. The van der Waals surface area contributed by atoms with Crippen LogP contribution in [0.4, 0.5) is 0 Å². The molecule has 0 bridgehead atoms. The van der Waals surface area contributed by atoms with Crippen molar-refractivity contribution in [3.63, 3.8) is 0 Å². The fourth-order valence-electron chi connectivity index (χ4n) is 3.74. The summed E-state index contributed by atoms with van der Waals surface area (Å²) in [6.07, 6.45) is 6.93. The zero-order valence-electron chi connectivity index (χ0n) is 16.9. The van der Waals surface area contributed by atoms with Crippen molar-refractivity contribution in [2.75, 3.05) is 19.6 Å². The Morgan fingerprint density at radius 3 is 2.48 bits per heavy atom. The van der Waals surface area contributed by atoms with E-state index in [0.29, 0.717) is 32.5 Å². The van der Waals surface area contributed by atoms with E-state index in [0.717, 1.165) is 18.4 Å². The molecule has 1 aromatic rings. The molecule has 2 amide bonds. The van der Waals surface area contributed by atoms with E-state index in [1.54, 1.807) is 0 Å². The molecular weight excluding hydrogens is 338 g/mol. The van der Waals surface area contributed by atoms with Crippen LogP contribution in [0.5, 0.6) is 0 Å². The highest BCUT2D eigenvalue weighted by Gasteiger charge is 2.31. The van der Waals surface area contributed by atoms with Crippen molar-refractivity contribution in [3.8, 4) is 0 Å². The number of amides is 2. The first-order chi connectivity index (χ1) is 13.0. The highest BCUT2D eigenvalue weighted by molar-refractivity contribution is 5.83. The van der Waals surface area contributed by atoms with Gasteiger partial charge in [0.25, 0.3) is 0 Å². The number of carbonyl (C=O) groups is 2. The SMILES string of the molecule is CCCCCCCC(=O)N1CCN(C(=O)[C@H](N)Cc2ccccc2)C[C@H]1C. The van der Waals surface area contributed by atoms with Crippen LogP contribution in [0.3, 0.4) is 0 Å². The third kappa shape index (κ3) is 6.65. The molecule has 0 spiro atoms. The Hall–Kier alpha value is -1.88. The molecule has 1 aliphatic rings. The quantitative estimate of drug-likeness (QED) is 0.677. The molecule has 1 heterocycles. The number of nitrogens with zero attached hydrogens (tertiary/aromatic N) is 2. The summed E-state index contributed by atoms with van der Waals surface area (Å²) in [5.74, 6) is 0.206. The van der Waals surface area contributed by atoms with Crippen LogP contribution in [0.15, 0.2) is 30.3 Å². The summed E-state index contributed by atoms with van der Waals surface area (Å²) in [4.78, 5) is 28.9. The predicted octanol–water partition coefficient (Wildman–Crippen LogP) is 2.98. The average Bonchev–Trinajstić information content (AvgIpc) is 2.67. The fourth-order valence-corrected chi connectivity index (χ4v) is 3.74. The van der Waals surface area contributed by atoms with Gasteiger partial charge < -0.3 is 15.5 Å². The number of unbranched alkanes of at least 4 members (excludes halogenated alkanes) is 4. The molecule has 1 aromatic carbocycles. The molecule has 1 saturated heterocycles. The molecule has 2 atom stereocenters.